The van der Waals surface area contributed by atoms with E-state index in [-0.39, 0.29) is 11.8 Å². The predicted molar refractivity (Wildman–Crippen MR) is 76.7 cm³/mol. The number of carbonyl (C=O) groups excluding carboxylic acids is 2. The Kier molecular flexibility index (Phi) is 4.39. The summed E-state index contributed by atoms with van der Waals surface area (Å²) in [5.74, 6) is -0.253. The second-order valence-electron chi connectivity index (χ2n) is 5.14. The van der Waals surface area contributed by atoms with Gasteiger partial charge in [-0.2, -0.15) is 0 Å². The number of hydrogen-bond donors (Lipinski definition) is 1. The van der Waals surface area contributed by atoms with E-state index < -0.39 is 6.10 Å². The molecule has 5 heteroatoms. The van der Waals surface area contributed by atoms with Crippen molar-refractivity contribution < 1.29 is 14.7 Å². The lowest BCUT2D eigenvalue weighted by atomic mass is 10.1. The first-order valence-corrected chi connectivity index (χ1v) is 6.81. The molecule has 1 aliphatic heterocycles. The van der Waals surface area contributed by atoms with Gasteiger partial charge in [-0.05, 0) is 25.0 Å². The van der Waals surface area contributed by atoms with Crippen molar-refractivity contribution in [3.8, 4) is 0 Å². The molecule has 0 spiro atoms. The summed E-state index contributed by atoms with van der Waals surface area (Å²) >= 11 is 0. The summed E-state index contributed by atoms with van der Waals surface area (Å²) < 4.78 is 0. The van der Waals surface area contributed by atoms with Crippen LogP contribution in [0.2, 0.25) is 0 Å². The monoisotopic (exact) mass is 276 g/mol. The third-order valence-corrected chi connectivity index (χ3v) is 3.65. The molecule has 108 valence electrons. The third-order valence-electron chi connectivity index (χ3n) is 3.65. The minimum absolute atomic E-state index is 0.121. The number of likely N-dealkylation sites (tertiary alicyclic amines) is 1. The van der Waals surface area contributed by atoms with Gasteiger partial charge in [0.05, 0.1) is 17.4 Å². The van der Waals surface area contributed by atoms with E-state index in [1.54, 1.807) is 36.2 Å². The Hall–Kier alpha value is -1.88. The molecule has 0 aliphatic carbocycles. The lowest BCUT2D eigenvalue weighted by Gasteiger charge is -2.31. The number of amides is 2. The van der Waals surface area contributed by atoms with Crippen molar-refractivity contribution in [2.75, 3.05) is 25.0 Å². The van der Waals surface area contributed by atoms with Gasteiger partial charge in [0.1, 0.15) is 0 Å². The molecular weight excluding hydrogens is 256 g/mol. The molecule has 0 bridgehead atoms. The molecule has 2 rings (SSSR count). The molecule has 1 atom stereocenters. The highest BCUT2D eigenvalue weighted by Crippen LogP contribution is 2.22. The fraction of sp³-hybridized carbons (Fsp3) is 0.467. The molecule has 0 aromatic heterocycles. The quantitative estimate of drug-likeness (QED) is 0.884. The molecule has 1 saturated heterocycles. The number of aliphatic hydroxyl groups excluding tert-OH is 1. The van der Waals surface area contributed by atoms with Crippen molar-refractivity contribution in [2.45, 2.75) is 25.9 Å². The number of hydrogen-bond acceptors (Lipinski definition) is 3. The van der Waals surface area contributed by atoms with Gasteiger partial charge in [-0.1, -0.05) is 12.1 Å². The summed E-state index contributed by atoms with van der Waals surface area (Å²) in [5.41, 5.74) is 1.10. The molecule has 5 nitrogen and oxygen atoms in total. The first-order chi connectivity index (χ1) is 9.50. The second kappa shape index (κ2) is 6.05. The van der Waals surface area contributed by atoms with Crippen LogP contribution >= 0.6 is 0 Å². The van der Waals surface area contributed by atoms with Gasteiger partial charge in [-0.3, -0.25) is 9.59 Å². The van der Waals surface area contributed by atoms with Crippen LogP contribution in [0, 0.1) is 0 Å². The summed E-state index contributed by atoms with van der Waals surface area (Å²) in [6, 6.07) is 7.06. The summed E-state index contributed by atoms with van der Waals surface area (Å²) in [5, 5.41) is 9.68. The van der Waals surface area contributed by atoms with E-state index in [1.807, 2.05) is 0 Å². The lowest BCUT2D eigenvalue weighted by molar-refractivity contribution is -0.116. The Morgan fingerprint density at radius 3 is 2.70 bits per heavy atom. The van der Waals surface area contributed by atoms with Crippen molar-refractivity contribution in [3.05, 3.63) is 29.8 Å². The van der Waals surface area contributed by atoms with E-state index >= 15 is 0 Å². The number of nitrogens with zero attached hydrogens (tertiary/aromatic N) is 2. The molecule has 1 N–H and O–H groups in total. The fourth-order valence-corrected chi connectivity index (χ4v) is 2.43. The van der Waals surface area contributed by atoms with Gasteiger partial charge in [0.2, 0.25) is 5.91 Å². The first-order valence-electron chi connectivity index (χ1n) is 6.81. The number of carbonyl (C=O) groups is 2. The number of anilines is 1. The minimum atomic E-state index is -0.453. The van der Waals surface area contributed by atoms with Crippen LogP contribution in [0.25, 0.3) is 0 Å². The second-order valence-corrected chi connectivity index (χ2v) is 5.14. The number of rotatable bonds is 2. The largest absolute Gasteiger partial charge is 0.391 e. The SMILES string of the molecule is CC(=O)N(C)c1ccccc1C(=O)N1CCCC(O)C1. The van der Waals surface area contributed by atoms with Gasteiger partial charge in [0.25, 0.3) is 5.91 Å². The molecule has 2 amide bonds. The van der Waals surface area contributed by atoms with Gasteiger partial charge < -0.3 is 14.9 Å². The third kappa shape index (κ3) is 2.99. The molecule has 0 saturated carbocycles. The number of para-hydroxylation sites is 1. The van der Waals surface area contributed by atoms with Gasteiger partial charge in [0, 0.05) is 27.1 Å². The van der Waals surface area contributed by atoms with Gasteiger partial charge in [-0.15, -0.1) is 0 Å². The van der Waals surface area contributed by atoms with E-state index in [9.17, 15) is 14.7 Å². The smallest absolute Gasteiger partial charge is 0.256 e. The first kappa shape index (κ1) is 14.5. The van der Waals surface area contributed by atoms with E-state index in [2.05, 4.69) is 0 Å². The lowest BCUT2D eigenvalue weighted by Crippen LogP contribution is -2.42. The van der Waals surface area contributed by atoms with Crippen LogP contribution in [0.1, 0.15) is 30.1 Å². The summed E-state index contributed by atoms with van der Waals surface area (Å²) in [4.78, 5) is 27.2. The maximum absolute atomic E-state index is 12.6. The Morgan fingerprint density at radius 1 is 1.35 bits per heavy atom. The van der Waals surface area contributed by atoms with Crippen molar-refractivity contribution in [2.24, 2.45) is 0 Å². The molecule has 1 heterocycles. The molecule has 20 heavy (non-hydrogen) atoms. The zero-order chi connectivity index (χ0) is 14.7. The highest BCUT2D eigenvalue weighted by molar-refractivity contribution is 6.04. The molecule has 1 aromatic rings. The Bertz CT molecular complexity index is 516. The highest BCUT2D eigenvalue weighted by Gasteiger charge is 2.25. The van der Waals surface area contributed by atoms with Crippen LogP contribution in [-0.2, 0) is 4.79 Å². The summed E-state index contributed by atoms with van der Waals surface area (Å²) in [6.07, 6.45) is 1.08. The Labute approximate surface area is 118 Å². The van der Waals surface area contributed by atoms with Crippen LogP contribution in [0.4, 0.5) is 5.69 Å². The number of β-amino-alcohol motifs (C(OH)–C–C–N with tert-alkyl or cyclic N) is 1. The van der Waals surface area contributed by atoms with Crippen molar-refractivity contribution >= 4 is 17.5 Å². The highest BCUT2D eigenvalue weighted by atomic mass is 16.3. The van der Waals surface area contributed by atoms with Crippen LogP contribution in [0.3, 0.4) is 0 Å². The average molecular weight is 276 g/mol. The number of piperidine rings is 1. The zero-order valence-electron chi connectivity index (χ0n) is 11.9. The van der Waals surface area contributed by atoms with Gasteiger partial charge >= 0.3 is 0 Å². The number of aliphatic hydroxyl groups is 1. The zero-order valence-corrected chi connectivity index (χ0v) is 11.9. The predicted octanol–water partition coefficient (Wildman–Crippen LogP) is 1.27. The number of benzene rings is 1. The fourth-order valence-electron chi connectivity index (χ4n) is 2.43. The molecule has 1 unspecified atom stereocenters. The maximum atomic E-state index is 12.6. The van der Waals surface area contributed by atoms with E-state index in [0.717, 1.165) is 12.8 Å². The minimum Gasteiger partial charge on any atom is -0.391 e. The van der Waals surface area contributed by atoms with E-state index in [0.29, 0.717) is 24.3 Å². The van der Waals surface area contributed by atoms with Crippen LogP contribution < -0.4 is 4.90 Å². The van der Waals surface area contributed by atoms with Crippen LogP contribution in [0.15, 0.2) is 24.3 Å². The molecule has 1 aromatic carbocycles. The summed E-state index contributed by atoms with van der Waals surface area (Å²) in [7, 11) is 1.65. The van der Waals surface area contributed by atoms with Gasteiger partial charge in [-0.25, -0.2) is 0 Å². The Morgan fingerprint density at radius 2 is 2.05 bits per heavy atom. The van der Waals surface area contributed by atoms with Crippen molar-refractivity contribution in [1.29, 1.82) is 0 Å². The molecule has 1 aliphatic rings. The van der Waals surface area contributed by atoms with Crippen LogP contribution in [0.5, 0.6) is 0 Å². The van der Waals surface area contributed by atoms with Crippen molar-refractivity contribution in [1.82, 2.24) is 4.90 Å². The standard InChI is InChI=1S/C15H20N2O3/c1-11(18)16(2)14-8-4-3-7-13(14)15(20)17-9-5-6-12(19)10-17/h3-4,7-8,12,19H,5-6,9-10H2,1-2H3. The van der Waals surface area contributed by atoms with E-state index in [1.165, 1.54) is 11.8 Å². The van der Waals surface area contributed by atoms with Crippen LogP contribution in [-0.4, -0.2) is 48.1 Å². The normalized spacial score (nSPS) is 18.8. The topological polar surface area (TPSA) is 60.9 Å². The molecule has 0 radical (unpaired) electrons. The molecular formula is C15H20N2O3. The van der Waals surface area contributed by atoms with E-state index in [4.69, 9.17) is 0 Å². The van der Waals surface area contributed by atoms with Gasteiger partial charge in [0.15, 0.2) is 0 Å². The average Bonchev–Trinajstić information content (AvgIpc) is 2.45. The van der Waals surface area contributed by atoms with Crippen molar-refractivity contribution in [3.63, 3.8) is 0 Å². The maximum Gasteiger partial charge on any atom is 0.256 e. The summed E-state index contributed by atoms with van der Waals surface area (Å²) in [6.45, 7) is 2.47. The Balaban J connectivity index is 2.28. The molecule has 1 fully saturated rings.